The molecule has 1 fully saturated rings. The molecule has 2 heterocycles. The average Bonchev–Trinajstić information content (AvgIpc) is 2.78. The van der Waals surface area contributed by atoms with E-state index in [0.717, 1.165) is 17.5 Å². The molecule has 2 rings (SSSR count). The summed E-state index contributed by atoms with van der Waals surface area (Å²) in [6.07, 6.45) is 5.10. The molecule has 1 aliphatic heterocycles. The van der Waals surface area contributed by atoms with Crippen LogP contribution in [0.4, 0.5) is 5.13 Å². The zero-order valence-corrected chi connectivity index (χ0v) is 10.8. The summed E-state index contributed by atoms with van der Waals surface area (Å²) in [5, 5.41) is 1.07. The predicted octanol–water partition coefficient (Wildman–Crippen LogP) is 2.45. The minimum atomic E-state index is 0.515. The van der Waals surface area contributed by atoms with E-state index in [1.54, 1.807) is 7.11 Å². The van der Waals surface area contributed by atoms with Crippen LogP contribution in [0.25, 0.3) is 0 Å². The molecule has 1 unspecified atom stereocenters. The van der Waals surface area contributed by atoms with E-state index in [-0.39, 0.29) is 0 Å². The first-order valence-corrected chi connectivity index (χ1v) is 6.70. The van der Waals surface area contributed by atoms with E-state index in [4.69, 9.17) is 4.74 Å². The number of anilines is 1. The molecular weight excluding hydrogens is 222 g/mol. The third-order valence-corrected chi connectivity index (χ3v) is 3.87. The highest BCUT2D eigenvalue weighted by molar-refractivity contribution is 7.09. The van der Waals surface area contributed by atoms with Crippen LogP contribution in [0.3, 0.4) is 0 Å². The minimum absolute atomic E-state index is 0.515. The highest BCUT2D eigenvalue weighted by Crippen LogP contribution is 2.27. The van der Waals surface area contributed by atoms with Crippen LogP contribution in [0.1, 0.15) is 38.4 Å². The topological polar surface area (TPSA) is 38.2 Å². The highest BCUT2D eigenvalue weighted by atomic mass is 32.1. The quantitative estimate of drug-likeness (QED) is 0.811. The van der Waals surface area contributed by atoms with Crippen LogP contribution in [0.5, 0.6) is 0 Å². The molecule has 90 valence electrons. The van der Waals surface area contributed by atoms with Gasteiger partial charge in [-0.15, -0.1) is 0 Å². The number of aromatic nitrogens is 2. The summed E-state index contributed by atoms with van der Waals surface area (Å²) in [5.74, 6) is 0.808. The number of rotatable bonds is 4. The smallest absolute Gasteiger partial charge is 0.205 e. The van der Waals surface area contributed by atoms with Gasteiger partial charge in [-0.2, -0.15) is 4.37 Å². The van der Waals surface area contributed by atoms with Crippen LogP contribution < -0.4 is 4.90 Å². The van der Waals surface area contributed by atoms with E-state index in [2.05, 4.69) is 21.2 Å². The van der Waals surface area contributed by atoms with E-state index >= 15 is 0 Å². The minimum Gasteiger partial charge on any atom is -0.377 e. The number of ether oxygens (including phenoxy) is 1. The van der Waals surface area contributed by atoms with Crippen LogP contribution in [0.2, 0.25) is 0 Å². The molecule has 0 aliphatic carbocycles. The van der Waals surface area contributed by atoms with E-state index in [1.165, 1.54) is 37.2 Å². The zero-order chi connectivity index (χ0) is 11.4. The van der Waals surface area contributed by atoms with Gasteiger partial charge in [-0.1, -0.05) is 6.92 Å². The summed E-state index contributed by atoms with van der Waals surface area (Å²) in [6.45, 7) is 3.89. The molecule has 1 aromatic rings. The van der Waals surface area contributed by atoms with Crippen molar-refractivity contribution in [3.63, 3.8) is 0 Å². The lowest BCUT2D eigenvalue weighted by molar-refractivity contribution is 0.179. The van der Waals surface area contributed by atoms with Crippen molar-refractivity contribution in [3.8, 4) is 0 Å². The Balaban J connectivity index is 2.08. The number of piperidine rings is 1. The lowest BCUT2D eigenvalue weighted by Crippen LogP contribution is -2.39. The van der Waals surface area contributed by atoms with Gasteiger partial charge in [0.25, 0.3) is 0 Å². The molecule has 1 saturated heterocycles. The van der Waals surface area contributed by atoms with Gasteiger partial charge in [0.15, 0.2) is 5.82 Å². The van der Waals surface area contributed by atoms with Gasteiger partial charge in [-0.3, -0.25) is 0 Å². The van der Waals surface area contributed by atoms with Gasteiger partial charge in [-0.25, -0.2) is 4.98 Å². The Kier molecular flexibility index (Phi) is 4.12. The standard InChI is InChI=1S/C11H19N3OS/c1-3-9-6-4-5-7-14(9)11-12-10(8-15-2)13-16-11/h9H,3-8H2,1-2H3. The third kappa shape index (κ3) is 2.52. The van der Waals surface area contributed by atoms with Gasteiger partial charge < -0.3 is 9.64 Å². The third-order valence-electron chi connectivity index (χ3n) is 3.07. The van der Waals surface area contributed by atoms with Crippen LogP contribution in [-0.4, -0.2) is 29.1 Å². The molecule has 0 amide bonds. The molecule has 0 saturated carbocycles. The van der Waals surface area contributed by atoms with Gasteiger partial charge in [0.2, 0.25) is 5.13 Å². The summed E-state index contributed by atoms with van der Waals surface area (Å²) in [7, 11) is 1.68. The molecule has 16 heavy (non-hydrogen) atoms. The number of methoxy groups -OCH3 is 1. The molecule has 1 atom stereocenters. The van der Waals surface area contributed by atoms with Gasteiger partial charge >= 0.3 is 0 Å². The van der Waals surface area contributed by atoms with E-state index in [9.17, 15) is 0 Å². The van der Waals surface area contributed by atoms with Crippen molar-refractivity contribution < 1.29 is 4.74 Å². The van der Waals surface area contributed by atoms with Crippen LogP contribution in [-0.2, 0) is 11.3 Å². The van der Waals surface area contributed by atoms with Crippen LogP contribution in [0.15, 0.2) is 0 Å². The molecule has 0 spiro atoms. The second-order valence-electron chi connectivity index (χ2n) is 4.18. The Morgan fingerprint density at radius 1 is 1.50 bits per heavy atom. The Hall–Kier alpha value is -0.680. The van der Waals surface area contributed by atoms with Crippen molar-refractivity contribution in [1.82, 2.24) is 9.36 Å². The summed E-state index contributed by atoms with van der Waals surface area (Å²) in [4.78, 5) is 6.95. The molecule has 0 radical (unpaired) electrons. The largest absolute Gasteiger partial charge is 0.377 e. The average molecular weight is 241 g/mol. The first kappa shape index (κ1) is 11.8. The normalized spacial score (nSPS) is 21.4. The lowest BCUT2D eigenvalue weighted by Gasteiger charge is -2.34. The first-order chi connectivity index (χ1) is 7.85. The number of hydrogen-bond donors (Lipinski definition) is 0. The predicted molar refractivity (Wildman–Crippen MR) is 65.9 cm³/mol. The SMILES string of the molecule is CCC1CCCCN1c1nc(COC)ns1. The summed E-state index contributed by atoms with van der Waals surface area (Å²) in [5.41, 5.74) is 0. The van der Waals surface area contributed by atoms with E-state index < -0.39 is 0 Å². The van der Waals surface area contributed by atoms with Gasteiger partial charge in [-0.05, 0) is 25.7 Å². The molecule has 5 heteroatoms. The van der Waals surface area contributed by atoms with Crippen LogP contribution in [0, 0.1) is 0 Å². The van der Waals surface area contributed by atoms with Crippen molar-refractivity contribution >= 4 is 16.7 Å². The fraction of sp³-hybridized carbons (Fsp3) is 0.818. The number of nitrogens with zero attached hydrogens (tertiary/aromatic N) is 3. The fourth-order valence-electron chi connectivity index (χ4n) is 2.23. The maximum absolute atomic E-state index is 5.04. The van der Waals surface area contributed by atoms with Crippen molar-refractivity contribution in [2.45, 2.75) is 45.3 Å². The van der Waals surface area contributed by atoms with Gasteiger partial charge in [0, 0.05) is 31.2 Å². The van der Waals surface area contributed by atoms with Crippen LogP contribution >= 0.6 is 11.5 Å². The summed E-state index contributed by atoms with van der Waals surface area (Å²) >= 11 is 1.50. The Morgan fingerprint density at radius 3 is 3.12 bits per heavy atom. The van der Waals surface area contributed by atoms with Crippen molar-refractivity contribution in [3.05, 3.63) is 5.82 Å². The summed E-state index contributed by atoms with van der Waals surface area (Å²) in [6, 6.07) is 0.650. The second kappa shape index (κ2) is 5.59. The summed E-state index contributed by atoms with van der Waals surface area (Å²) < 4.78 is 9.36. The molecule has 0 aromatic carbocycles. The molecule has 0 bridgehead atoms. The van der Waals surface area contributed by atoms with Crippen molar-refractivity contribution in [1.29, 1.82) is 0 Å². The second-order valence-corrected chi connectivity index (χ2v) is 4.91. The van der Waals surface area contributed by atoms with Gasteiger partial charge in [0.1, 0.15) is 6.61 Å². The van der Waals surface area contributed by atoms with E-state index in [0.29, 0.717) is 12.6 Å². The Morgan fingerprint density at radius 2 is 2.38 bits per heavy atom. The lowest BCUT2D eigenvalue weighted by atomic mass is 10.0. The van der Waals surface area contributed by atoms with Crippen molar-refractivity contribution in [2.75, 3.05) is 18.6 Å². The first-order valence-electron chi connectivity index (χ1n) is 5.93. The fourth-order valence-corrected chi connectivity index (χ4v) is 3.00. The molecule has 4 nitrogen and oxygen atoms in total. The molecule has 1 aliphatic rings. The Bertz CT molecular complexity index is 329. The molecule has 0 N–H and O–H groups in total. The van der Waals surface area contributed by atoms with Crippen molar-refractivity contribution in [2.24, 2.45) is 0 Å². The van der Waals surface area contributed by atoms with E-state index in [1.807, 2.05) is 0 Å². The highest BCUT2D eigenvalue weighted by Gasteiger charge is 2.23. The maximum atomic E-state index is 5.04. The van der Waals surface area contributed by atoms with Gasteiger partial charge in [0.05, 0.1) is 0 Å². The monoisotopic (exact) mass is 241 g/mol. The molecule has 1 aromatic heterocycles. The Labute approximate surface area is 101 Å². The maximum Gasteiger partial charge on any atom is 0.205 e. The number of hydrogen-bond acceptors (Lipinski definition) is 5. The molecular formula is C11H19N3OS. The zero-order valence-electron chi connectivity index (χ0n) is 9.98.